The first kappa shape index (κ1) is 27.4. The zero-order chi connectivity index (χ0) is 21.7. The molecular formula is C24H33Cl2N3O3S. The number of anilines is 1. The van der Waals surface area contributed by atoms with Crippen molar-refractivity contribution in [1.82, 2.24) is 10.6 Å². The highest BCUT2D eigenvalue weighted by Gasteiger charge is 2.30. The topological polar surface area (TPSA) is 78.5 Å². The lowest BCUT2D eigenvalue weighted by Gasteiger charge is -2.22. The van der Waals surface area contributed by atoms with Crippen LogP contribution in [0.15, 0.2) is 53.4 Å². The van der Waals surface area contributed by atoms with Gasteiger partial charge in [0.05, 0.1) is 10.6 Å². The smallest absolute Gasteiger partial charge is 0.264 e. The molecule has 0 radical (unpaired) electrons. The third-order valence-electron chi connectivity index (χ3n) is 6.21. The van der Waals surface area contributed by atoms with Crippen molar-refractivity contribution >= 4 is 46.4 Å². The van der Waals surface area contributed by atoms with Crippen molar-refractivity contribution in [2.75, 3.05) is 23.9 Å². The summed E-state index contributed by atoms with van der Waals surface area (Å²) in [7, 11) is -3.71. The maximum absolute atomic E-state index is 13.2. The van der Waals surface area contributed by atoms with Crippen LogP contribution in [-0.2, 0) is 16.4 Å². The highest BCUT2D eigenvalue weighted by molar-refractivity contribution is 7.92. The van der Waals surface area contributed by atoms with Crippen molar-refractivity contribution in [3.63, 3.8) is 0 Å². The van der Waals surface area contributed by atoms with Crippen LogP contribution in [0.1, 0.15) is 54.4 Å². The van der Waals surface area contributed by atoms with Gasteiger partial charge in [-0.15, -0.1) is 24.8 Å². The molecule has 1 saturated carbocycles. The Labute approximate surface area is 209 Å². The standard InChI is InChI=1S/C24H31N3O3S.2ClH/c28-24(26-16-7-15-25-21-10-2-1-3-11-21)20-9-6-12-22(18-20)31(29,30)27-17-14-19-8-4-5-13-23(19)27;;/h4-6,8-9,12-13,18,21,25H,1-3,7,10-11,14-17H2,(H,26,28);2*1H. The van der Waals surface area contributed by atoms with Crippen LogP contribution in [0.2, 0.25) is 0 Å². The van der Waals surface area contributed by atoms with Gasteiger partial charge in [0.25, 0.3) is 15.9 Å². The fourth-order valence-electron chi connectivity index (χ4n) is 4.49. The second-order valence-corrected chi connectivity index (χ2v) is 10.2. The SMILES string of the molecule is Cl.Cl.O=C(NCCCNC1CCCCC1)c1cccc(S(=O)(=O)N2CCc3ccccc32)c1. The molecular weight excluding hydrogens is 481 g/mol. The zero-order valence-corrected chi connectivity index (χ0v) is 21.1. The summed E-state index contributed by atoms with van der Waals surface area (Å²) < 4.78 is 27.9. The Balaban J connectivity index is 0.00000193. The number of benzene rings is 2. The maximum atomic E-state index is 13.2. The summed E-state index contributed by atoms with van der Waals surface area (Å²) in [5, 5.41) is 6.48. The Bertz CT molecular complexity index is 1030. The third kappa shape index (κ3) is 6.63. The minimum Gasteiger partial charge on any atom is -0.352 e. The molecule has 2 aromatic rings. The summed E-state index contributed by atoms with van der Waals surface area (Å²) in [5.41, 5.74) is 2.12. The summed E-state index contributed by atoms with van der Waals surface area (Å²) >= 11 is 0. The molecule has 0 saturated heterocycles. The molecule has 2 aliphatic rings. The summed E-state index contributed by atoms with van der Waals surface area (Å²) in [6.07, 6.45) is 7.99. The van der Waals surface area contributed by atoms with Crippen LogP contribution in [0, 0.1) is 0 Å². The maximum Gasteiger partial charge on any atom is 0.264 e. The number of hydrogen-bond donors (Lipinski definition) is 2. The van der Waals surface area contributed by atoms with Crippen LogP contribution in [0.3, 0.4) is 0 Å². The Morgan fingerprint density at radius 1 is 0.970 bits per heavy atom. The highest BCUT2D eigenvalue weighted by atomic mass is 35.5. The molecule has 6 nitrogen and oxygen atoms in total. The van der Waals surface area contributed by atoms with Crippen molar-refractivity contribution < 1.29 is 13.2 Å². The number of nitrogens with zero attached hydrogens (tertiary/aromatic N) is 1. The van der Waals surface area contributed by atoms with Crippen LogP contribution in [-0.4, -0.2) is 40.0 Å². The Morgan fingerprint density at radius 3 is 2.52 bits per heavy atom. The van der Waals surface area contributed by atoms with Gasteiger partial charge < -0.3 is 10.6 Å². The number of carbonyl (C=O) groups is 1. The fourth-order valence-corrected chi connectivity index (χ4v) is 6.04. The summed E-state index contributed by atoms with van der Waals surface area (Å²) in [5.74, 6) is -0.239. The van der Waals surface area contributed by atoms with Crippen molar-refractivity contribution in [2.24, 2.45) is 0 Å². The number of amides is 1. The first-order valence-corrected chi connectivity index (χ1v) is 12.7. The molecule has 2 aromatic carbocycles. The minimum absolute atomic E-state index is 0. The molecule has 33 heavy (non-hydrogen) atoms. The quantitative estimate of drug-likeness (QED) is 0.515. The Morgan fingerprint density at radius 2 is 1.73 bits per heavy atom. The number of halogens is 2. The van der Waals surface area contributed by atoms with Crippen LogP contribution < -0.4 is 14.9 Å². The molecule has 0 unspecified atom stereocenters. The van der Waals surface area contributed by atoms with Gasteiger partial charge in [-0.25, -0.2) is 8.42 Å². The molecule has 2 N–H and O–H groups in total. The van der Waals surface area contributed by atoms with E-state index in [-0.39, 0.29) is 35.6 Å². The highest BCUT2D eigenvalue weighted by Crippen LogP contribution is 2.32. The van der Waals surface area contributed by atoms with Gasteiger partial charge in [-0.2, -0.15) is 0 Å². The first-order chi connectivity index (χ1) is 15.1. The molecule has 9 heteroatoms. The van der Waals surface area contributed by atoms with E-state index in [1.54, 1.807) is 18.2 Å². The monoisotopic (exact) mass is 513 g/mol. The number of fused-ring (bicyclic) bond motifs is 1. The van der Waals surface area contributed by atoms with E-state index in [0.29, 0.717) is 31.1 Å². The zero-order valence-electron chi connectivity index (χ0n) is 18.7. The average Bonchev–Trinajstić information content (AvgIpc) is 3.24. The molecule has 1 fully saturated rings. The molecule has 4 rings (SSSR count). The lowest BCUT2D eigenvalue weighted by atomic mass is 9.95. The lowest BCUT2D eigenvalue weighted by Crippen LogP contribution is -2.34. The van der Waals surface area contributed by atoms with Crippen molar-refractivity contribution in [1.29, 1.82) is 0 Å². The van der Waals surface area contributed by atoms with Gasteiger partial charge in [-0.05, 0) is 62.1 Å². The van der Waals surface area contributed by atoms with E-state index < -0.39 is 10.0 Å². The molecule has 1 heterocycles. The van der Waals surface area contributed by atoms with E-state index in [9.17, 15) is 13.2 Å². The van der Waals surface area contributed by atoms with Gasteiger partial charge >= 0.3 is 0 Å². The first-order valence-electron chi connectivity index (χ1n) is 11.3. The molecule has 0 spiro atoms. The number of nitrogens with one attached hydrogen (secondary N) is 2. The second kappa shape index (κ2) is 12.6. The number of carbonyl (C=O) groups excluding carboxylic acids is 1. The number of sulfonamides is 1. The van der Waals surface area contributed by atoms with Crippen molar-refractivity contribution in [3.8, 4) is 0 Å². The summed E-state index contributed by atoms with van der Waals surface area (Å²) in [6.45, 7) is 1.87. The van der Waals surface area contributed by atoms with Crippen LogP contribution in [0.25, 0.3) is 0 Å². The van der Waals surface area contributed by atoms with E-state index in [1.807, 2.05) is 24.3 Å². The molecule has 0 atom stereocenters. The minimum atomic E-state index is -3.71. The summed E-state index contributed by atoms with van der Waals surface area (Å²) in [6, 6.07) is 14.5. The van der Waals surface area contributed by atoms with Gasteiger partial charge in [-0.3, -0.25) is 9.10 Å². The number of hydrogen-bond acceptors (Lipinski definition) is 4. The van der Waals surface area contributed by atoms with Gasteiger partial charge in [-0.1, -0.05) is 43.5 Å². The predicted molar refractivity (Wildman–Crippen MR) is 137 cm³/mol. The summed E-state index contributed by atoms with van der Waals surface area (Å²) in [4.78, 5) is 12.7. The predicted octanol–water partition coefficient (Wildman–Crippen LogP) is 4.32. The van der Waals surface area contributed by atoms with Crippen LogP contribution >= 0.6 is 24.8 Å². The Kier molecular flexibility index (Phi) is 10.5. The third-order valence-corrected chi connectivity index (χ3v) is 8.02. The van der Waals surface area contributed by atoms with Crippen LogP contribution in [0.4, 0.5) is 5.69 Å². The van der Waals surface area contributed by atoms with Gasteiger partial charge in [0, 0.05) is 24.7 Å². The molecule has 0 aromatic heterocycles. The second-order valence-electron chi connectivity index (χ2n) is 8.38. The lowest BCUT2D eigenvalue weighted by molar-refractivity contribution is 0.0953. The van der Waals surface area contributed by atoms with Gasteiger partial charge in [0.1, 0.15) is 0 Å². The van der Waals surface area contributed by atoms with E-state index in [1.165, 1.54) is 42.5 Å². The van der Waals surface area contributed by atoms with Crippen LogP contribution in [0.5, 0.6) is 0 Å². The average molecular weight is 515 g/mol. The van der Waals surface area contributed by atoms with E-state index >= 15 is 0 Å². The molecule has 1 aliphatic heterocycles. The van der Waals surface area contributed by atoms with E-state index in [2.05, 4.69) is 10.6 Å². The number of rotatable bonds is 8. The largest absolute Gasteiger partial charge is 0.352 e. The van der Waals surface area contributed by atoms with Gasteiger partial charge in [0.15, 0.2) is 0 Å². The van der Waals surface area contributed by atoms with Gasteiger partial charge in [0.2, 0.25) is 0 Å². The fraction of sp³-hybridized carbons (Fsp3) is 0.458. The van der Waals surface area contributed by atoms with E-state index in [0.717, 1.165) is 24.2 Å². The Hall–Kier alpha value is -1.80. The molecule has 1 amide bonds. The molecule has 0 bridgehead atoms. The molecule has 182 valence electrons. The van der Waals surface area contributed by atoms with Crippen molar-refractivity contribution in [2.45, 2.75) is 55.9 Å². The van der Waals surface area contributed by atoms with E-state index in [4.69, 9.17) is 0 Å². The van der Waals surface area contributed by atoms with Crippen molar-refractivity contribution in [3.05, 3.63) is 59.7 Å². The number of para-hydroxylation sites is 1. The normalized spacial score (nSPS) is 15.8. The molecule has 1 aliphatic carbocycles.